The molecule has 5 rings (SSSR count). The van der Waals surface area contributed by atoms with E-state index in [1.54, 1.807) is 30.3 Å². The molecule has 1 aromatic heterocycles. The molecule has 2 heterocycles. The molecule has 1 unspecified atom stereocenters. The molecule has 0 fully saturated rings. The fourth-order valence-electron chi connectivity index (χ4n) is 5.21. The van der Waals surface area contributed by atoms with Gasteiger partial charge in [-0.1, -0.05) is 37.3 Å². The minimum atomic E-state index is -0.818. The summed E-state index contributed by atoms with van der Waals surface area (Å²) >= 11 is 1.20. The molecule has 2 aliphatic rings. The zero-order chi connectivity index (χ0) is 28.1. The van der Waals surface area contributed by atoms with Crippen molar-refractivity contribution in [2.24, 2.45) is 10.4 Å². The molecule has 0 saturated carbocycles. The zero-order valence-corrected chi connectivity index (χ0v) is 23.0. The van der Waals surface area contributed by atoms with Gasteiger partial charge in [0, 0.05) is 24.1 Å². The van der Waals surface area contributed by atoms with Crippen molar-refractivity contribution < 1.29 is 23.9 Å². The van der Waals surface area contributed by atoms with E-state index < -0.39 is 11.0 Å². The van der Waals surface area contributed by atoms with Crippen LogP contribution < -0.4 is 29.1 Å². The Hall–Kier alpha value is -4.25. The maximum atomic E-state index is 13.9. The van der Waals surface area contributed by atoms with E-state index in [0.717, 1.165) is 0 Å². The monoisotopic (exact) mass is 549 g/mol. The molecule has 0 radical (unpaired) electrons. The molecule has 202 valence electrons. The predicted molar refractivity (Wildman–Crippen MR) is 145 cm³/mol. The summed E-state index contributed by atoms with van der Waals surface area (Å²) in [5.74, 6) is 1.20. The van der Waals surface area contributed by atoms with Crippen molar-refractivity contribution in [2.75, 3.05) is 21.3 Å². The summed E-state index contributed by atoms with van der Waals surface area (Å²) in [6, 6.07) is 8.72. The fourth-order valence-corrected chi connectivity index (χ4v) is 6.23. The number of carbonyl (C=O) groups is 1. The highest BCUT2D eigenvalue weighted by molar-refractivity contribution is 7.07. The van der Waals surface area contributed by atoms with Crippen LogP contribution in [0.3, 0.4) is 0 Å². The van der Waals surface area contributed by atoms with Gasteiger partial charge in [-0.15, -0.1) is 0 Å². The number of ketones is 1. The van der Waals surface area contributed by atoms with E-state index in [1.807, 2.05) is 13.8 Å². The van der Waals surface area contributed by atoms with Crippen LogP contribution in [0.15, 0.2) is 57.5 Å². The first-order chi connectivity index (χ1) is 18.6. The van der Waals surface area contributed by atoms with Crippen molar-refractivity contribution in [3.8, 4) is 17.2 Å². The number of benzene rings is 2. The van der Waals surface area contributed by atoms with Crippen LogP contribution in [-0.2, 0) is 4.79 Å². The summed E-state index contributed by atoms with van der Waals surface area (Å²) in [6.45, 7) is 4.01. The van der Waals surface area contributed by atoms with Gasteiger partial charge in [0.15, 0.2) is 22.1 Å². The molecule has 2 aromatic carbocycles. The maximum Gasteiger partial charge on any atom is 0.271 e. The number of fused-ring (bicyclic) bond motifs is 1. The van der Waals surface area contributed by atoms with Gasteiger partial charge in [0.2, 0.25) is 5.75 Å². The first-order valence-corrected chi connectivity index (χ1v) is 13.0. The quantitative estimate of drug-likeness (QED) is 0.340. The van der Waals surface area contributed by atoms with Gasteiger partial charge in [-0.2, -0.15) is 0 Å². The van der Waals surface area contributed by atoms with Crippen LogP contribution in [0.5, 0.6) is 17.2 Å². The SMILES string of the molecule is COc1cc(C=c2sc3n(c2=O)C(c2cccc([N+](=O)[O-])c2)C2=C(CC(C)(C)CC2=O)N=3)cc(OC)c1OC. The number of nitro benzene ring substituents is 1. The number of hydrogen-bond donors (Lipinski definition) is 0. The summed E-state index contributed by atoms with van der Waals surface area (Å²) in [4.78, 5) is 43.6. The Labute approximate surface area is 227 Å². The number of methoxy groups -OCH3 is 3. The van der Waals surface area contributed by atoms with Crippen molar-refractivity contribution in [3.05, 3.63) is 88.6 Å². The van der Waals surface area contributed by atoms with Crippen molar-refractivity contribution in [3.63, 3.8) is 0 Å². The van der Waals surface area contributed by atoms with Crippen molar-refractivity contribution >= 4 is 28.9 Å². The second-order valence-corrected chi connectivity index (χ2v) is 11.2. The lowest BCUT2D eigenvalue weighted by Gasteiger charge is -2.35. The van der Waals surface area contributed by atoms with Crippen LogP contribution in [0.25, 0.3) is 6.08 Å². The third-order valence-electron chi connectivity index (χ3n) is 6.88. The largest absolute Gasteiger partial charge is 0.493 e. The van der Waals surface area contributed by atoms with E-state index >= 15 is 0 Å². The van der Waals surface area contributed by atoms with Gasteiger partial charge in [-0.25, -0.2) is 4.99 Å². The average molecular weight is 550 g/mol. The van der Waals surface area contributed by atoms with E-state index in [2.05, 4.69) is 0 Å². The first kappa shape index (κ1) is 26.4. The summed E-state index contributed by atoms with van der Waals surface area (Å²) in [6.07, 6.45) is 2.55. The van der Waals surface area contributed by atoms with Gasteiger partial charge in [-0.05, 0) is 41.2 Å². The van der Waals surface area contributed by atoms with E-state index in [0.29, 0.717) is 61.8 Å². The van der Waals surface area contributed by atoms with Crippen molar-refractivity contribution in [1.82, 2.24) is 4.57 Å². The lowest BCUT2D eigenvalue weighted by atomic mass is 9.73. The third-order valence-corrected chi connectivity index (χ3v) is 7.86. The molecule has 0 saturated heterocycles. The minimum Gasteiger partial charge on any atom is -0.493 e. The van der Waals surface area contributed by atoms with E-state index in [1.165, 1.54) is 49.4 Å². The fraction of sp³-hybridized carbons (Fsp3) is 0.321. The average Bonchev–Trinajstić information content (AvgIpc) is 3.20. The molecule has 0 bridgehead atoms. The lowest BCUT2D eigenvalue weighted by Crippen LogP contribution is -2.42. The number of carbonyl (C=O) groups excluding carboxylic acids is 1. The van der Waals surface area contributed by atoms with Gasteiger partial charge in [0.1, 0.15) is 0 Å². The van der Waals surface area contributed by atoms with Crippen LogP contribution in [0, 0.1) is 15.5 Å². The second kappa shape index (κ2) is 9.81. The van der Waals surface area contributed by atoms with Gasteiger partial charge in [0.25, 0.3) is 11.2 Å². The number of ether oxygens (including phenoxy) is 3. The number of nitro groups is 1. The molecule has 1 aliphatic heterocycles. The van der Waals surface area contributed by atoms with Gasteiger partial charge in [-0.3, -0.25) is 24.3 Å². The van der Waals surface area contributed by atoms with Crippen LogP contribution >= 0.6 is 11.3 Å². The van der Waals surface area contributed by atoms with Crippen LogP contribution in [0.1, 0.15) is 43.9 Å². The van der Waals surface area contributed by atoms with Crippen molar-refractivity contribution in [1.29, 1.82) is 0 Å². The summed E-state index contributed by atoms with van der Waals surface area (Å²) in [7, 11) is 4.53. The molecule has 1 atom stereocenters. The van der Waals surface area contributed by atoms with E-state index in [4.69, 9.17) is 19.2 Å². The normalized spacial score (nSPS) is 18.2. The van der Waals surface area contributed by atoms with Gasteiger partial charge >= 0.3 is 0 Å². The molecule has 11 heteroatoms. The second-order valence-electron chi connectivity index (χ2n) is 10.2. The van der Waals surface area contributed by atoms with E-state index in [9.17, 15) is 19.7 Å². The Balaban J connectivity index is 1.76. The van der Waals surface area contributed by atoms with Gasteiger partial charge < -0.3 is 14.2 Å². The first-order valence-electron chi connectivity index (χ1n) is 12.2. The molecular formula is C28H27N3O7S. The third kappa shape index (κ3) is 4.63. The Morgan fingerprint density at radius 3 is 2.38 bits per heavy atom. The predicted octanol–water partition coefficient (Wildman–Crippen LogP) is 3.54. The topological polar surface area (TPSA) is 122 Å². The standard InChI is InChI=1S/C28H27N3O7S/c1-28(2)13-18-23(19(32)14-28)24(16-7-6-8-17(12-16)31(34)35)30-26(33)22(39-27(30)29-18)11-15-9-20(36-3)25(38-5)21(10-15)37-4/h6-12,24H,13-14H2,1-5H3. The Bertz CT molecular complexity index is 1710. The molecular weight excluding hydrogens is 522 g/mol. The molecule has 10 nitrogen and oxygen atoms in total. The zero-order valence-electron chi connectivity index (χ0n) is 22.1. The number of rotatable bonds is 6. The highest BCUT2D eigenvalue weighted by Crippen LogP contribution is 2.43. The maximum absolute atomic E-state index is 13.9. The van der Waals surface area contributed by atoms with Crippen LogP contribution in [-0.4, -0.2) is 36.6 Å². The smallest absolute Gasteiger partial charge is 0.271 e. The van der Waals surface area contributed by atoms with Gasteiger partial charge in [0.05, 0.1) is 42.5 Å². The molecule has 3 aromatic rings. The number of Topliss-reactive ketones (excluding diaryl/α,β-unsaturated/α-hetero) is 1. The summed E-state index contributed by atoms with van der Waals surface area (Å²) < 4.78 is 18.1. The number of thiazole rings is 1. The Morgan fingerprint density at radius 1 is 1.08 bits per heavy atom. The van der Waals surface area contributed by atoms with Crippen LogP contribution in [0.4, 0.5) is 5.69 Å². The Morgan fingerprint density at radius 2 is 1.77 bits per heavy atom. The molecule has 0 spiro atoms. The molecule has 0 amide bonds. The number of allylic oxidation sites excluding steroid dienone is 2. The molecule has 1 aliphatic carbocycles. The molecule has 0 N–H and O–H groups in total. The minimum absolute atomic E-state index is 0.111. The lowest BCUT2D eigenvalue weighted by molar-refractivity contribution is -0.384. The van der Waals surface area contributed by atoms with Crippen molar-refractivity contribution in [2.45, 2.75) is 32.7 Å². The highest BCUT2D eigenvalue weighted by Gasteiger charge is 2.40. The number of aromatic nitrogens is 1. The number of non-ortho nitro benzene ring substituents is 1. The summed E-state index contributed by atoms with van der Waals surface area (Å²) in [5.41, 5.74) is 1.40. The Kier molecular flexibility index (Phi) is 6.63. The van der Waals surface area contributed by atoms with E-state index in [-0.39, 0.29) is 22.4 Å². The molecule has 39 heavy (non-hydrogen) atoms. The highest BCUT2D eigenvalue weighted by atomic mass is 32.1. The van der Waals surface area contributed by atoms with Crippen LogP contribution in [0.2, 0.25) is 0 Å². The summed E-state index contributed by atoms with van der Waals surface area (Å²) in [5, 5.41) is 11.5. The number of nitrogens with zero attached hydrogens (tertiary/aromatic N) is 3. The number of hydrogen-bond acceptors (Lipinski definition) is 9.